The third-order valence-electron chi connectivity index (χ3n) is 4.03. The molecule has 0 fully saturated rings. The van der Waals surface area contributed by atoms with E-state index in [1.165, 1.54) is 37.0 Å². The zero-order valence-corrected chi connectivity index (χ0v) is 16.8. The summed E-state index contributed by atoms with van der Waals surface area (Å²) in [7, 11) is 0. The van der Waals surface area contributed by atoms with E-state index in [1.54, 1.807) is 12.1 Å². The van der Waals surface area contributed by atoms with Crippen molar-refractivity contribution in [3.05, 3.63) is 75.8 Å². The van der Waals surface area contributed by atoms with Crippen molar-refractivity contribution >= 4 is 23.4 Å². The van der Waals surface area contributed by atoms with Gasteiger partial charge in [0.1, 0.15) is 0 Å². The van der Waals surface area contributed by atoms with Crippen LogP contribution in [0.4, 0.5) is 18.9 Å². The Morgan fingerprint density at radius 1 is 1.20 bits per heavy atom. The second-order valence-corrected chi connectivity index (χ2v) is 7.52. The molecule has 3 rings (SSSR count). The monoisotopic (exact) mass is 434 g/mol. The molecule has 2 heterocycles. The van der Waals surface area contributed by atoms with Gasteiger partial charge in [0, 0.05) is 11.8 Å². The van der Waals surface area contributed by atoms with E-state index < -0.39 is 28.8 Å². The highest BCUT2D eigenvalue weighted by atomic mass is 32.2. The number of thioether (sulfide) groups is 1. The predicted molar refractivity (Wildman–Crippen MR) is 108 cm³/mol. The van der Waals surface area contributed by atoms with E-state index >= 15 is 0 Å². The number of nitrogens with one attached hydrogen (secondary N) is 1. The number of rotatable bonds is 5. The fourth-order valence-corrected chi connectivity index (χ4v) is 3.25. The van der Waals surface area contributed by atoms with E-state index in [1.807, 2.05) is 6.92 Å². The molecule has 1 N–H and O–H groups in total. The van der Waals surface area contributed by atoms with Crippen LogP contribution in [0.3, 0.4) is 0 Å². The fourth-order valence-electron chi connectivity index (χ4n) is 2.66. The highest BCUT2D eigenvalue weighted by Gasteiger charge is 2.30. The maximum absolute atomic E-state index is 13.0. The van der Waals surface area contributed by atoms with E-state index in [9.17, 15) is 22.8 Å². The van der Waals surface area contributed by atoms with E-state index in [2.05, 4.69) is 15.4 Å². The van der Waals surface area contributed by atoms with Crippen LogP contribution in [0.2, 0.25) is 0 Å². The number of halogens is 3. The zero-order chi connectivity index (χ0) is 21.9. The van der Waals surface area contributed by atoms with Crippen LogP contribution in [0.1, 0.15) is 28.7 Å². The minimum absolute atomic E-state index is 0.0824. The first kappa shape index (κ1) is 21.6. The Kier molecular flexibility index (Phi) is 6.25. The first-order chi connectivity index (χ1) is 14.2. The average Bonchev–Trinajstić information content (AvgIpc) is 2.69. The zero-order valence-electron chi connectivity index (χ0n) is 16.0. The number of aryl methyl sites for hydroxylation is 1. The second kappa shape index (κ2) is 8.70. The Morgan fingerprint density at radius 2 is 1.97 bits per heavy atom. The molecule has 1 aromatic carbocycles. The van der Waals surface area contributed by atoms with Crippen molar-refractivity contribution in [3.8, 4) is 5.69 Å². The summed E-state index contributed by atoms with van der Waals surface area (Å²) in [5.41, 5.74) is -1.20. The number of nitrogens with zero attached hydrogens (tertiary/aromatic N) is 3. The van der Waals surface area contributed by atoms with Crippen molar-refractivity contribution in [3.63, 3.8) is 0 Å². The molecule has 156 valence electrons. The summed E-state index contributed by atoms with van der Waals surface area (Å²) in [5, 5.41) is 7.33. The molecule has 6 nitrogen and oxygen atoms in total. The average molecular weight is 434 g/mol. The number of carbonyl (C=O) groups excluding carboxylic acids is 1. The SMILES string of the molecule is CCSc1ccc(NC(=O)c2nn(-c3cccc(C(F)(F)F)c3)c(C)cc2=O)cn1. The van der Waals surface area contributed by atoms with Gasteiger partial charge < -0.3 is 5.32 Å². The van der Waals surface area contributed by atoms with Crippen LogP contribution < -0.4 is 10.7 Å². The van der Waals surface area contributed by atoms with Crippen molar-refractivity contribution in [2.24, 2.45) is 0 Å². The van der Waals surface area contributed by atoms with Crippen molar-refractivity contribution in [1.29, 1.82) is 0 Å². The molecule has 3 aromatic rings. The Labute approximate surface area is 174 Å². The molecule has 0 spiro atoms. The number of benzene rings is 1. The number of hydrogen-bond acceptors (Lipinski definition) is 5. The molecule has 2 aromatic heterocycles. The van der Waals surface area contributed by atoms with E-state index in [0.29, 0.717) is 11.4 Å². The molecule has 0 atom stereocenters. The third-order valence-corrected chi connectivity index (χ3v) is 4.85. The number of anilines is 1. The maximum atomic E-state index is 13.0. The molecule has 0 saturated carbocycles. The molecular weight excluding hydrogens is 417 g/mol. The van der Waals surface area contributed by atoms with Gasteiger partial charge in [-0.05, 0) is 43.0 Å². The largest absolute Gasteiger partial charge is 0.416 e. The molecule has 0 aliphatic heterocycles. The Bertz CT molecular complexity index is 1130. The lowest BCUT2D eigenvalue weighted by atomic mass is 10.2. The van der Waals surface area contributed by atoms with Crippen molar-refractivity contribution in [2.45, 2.75) is 25.0 Å². The third kappa shape index (κ3) is 4.88. The van der Waals surface area contributed by atoms with Gasteiger partial charge >= 0.3 is 6.18 Å². The second-order valence-electron chi connectivity index (χ2n) is 6.23. The first-order valence-electron chi connectivity index (χ1n) is 8.88. The lowest BCUT2D eigenvalue weighted by Gasteiger charge is -2.13. The van der Waals surface area contributed by atoms with Crippen molar-refractivity contribution in [1.82, 2.24) is 14.8 Å². The standard InChI is InChI=1S/C20H17F3N4O2S/c1-3-30-17-8-7-14(11-24-17)25-19(29)18-16(28)9-12(2)27(26-18)15-6-4-5-13(10-15)20(21,22)23/h4-11H,3H2,1-2H3,(H,25,29). The van der Waals surface area contributed by atoms with Gasteiger partial charge in [-0.2, -0.15) is 18.3 Å². The molecule has 0 aliphatic carbocycles. The lowest BCUT2D eigenvalue weighted by Crippen LogP contribution is -2.27. The van der Waals surface area contributed by atoms with Crippen LogP contribution in [0.5, 0.6) is 0 Å². The van der Waals surface area contributed by atoms with Gasteiger partial charge in [0.05, 0.1) is 28.2 Å². The summed E-state index contributed by atoms with van der Waals surface area (Å²) in [6, 6.07) is 9.01. The van der Waals surface area contributed by atoms with Gasteiger partial charge in [-0.15, -0.1) is 11.8 Å². The fraction of sp³-hybridized carbons (Fsp3) is 0.200. The summed E-state index contributed by atoms with van der Waals surface area (Å²) in [6.45, 7) is 3.50. The normalized spacial score (nSPS) is 11.4. The van der Waals surface area contributed by atoms with Crippen LogP contribution in [0.25, 0.3) is 5.69 Å². The Hall–Kier alpha value is -3.14. The molecule has 30 heavy (non-hydrogen) atoms. The van der Waals surface area contributed by atoms with Crippen LogP contribution in [0.15, 0.2) is 58.5 Å². The van der Waals surface area contributed by atoms with Gasteiger partial charge in [0.15, 0.2) is 5.69 Å². The molecule has 0 aliphatic rings. The molecule has 1 amide bonds. The Balaban J connectivity index is 1.93. The number of hydrogen-bond donors (Lipinski definition) is 1. The number of aromatic nitrogens is 3. The van der Waals surface area contributed by atoms with Gasteiger partial charge in [0.2, 0.25) is 5.43 Å². The highest BCUT2D eigenvalue weighted by Crippen LogP contribution is 2.30. The summed E-state index contributed by atoms with van der Waals surface area (Å²) < 4.78 is 40.2. The van der Waals surface area contributed by atoms with Crippen LogP contribution >= 0.6 is 11.8 Å². The van der Waals surface area contributed by atoms with E-state index in [4.69, 9.17) is 0 Å². The van der Waals surface area contributed by atoms with Crippen molar-refractivity contribution < 1.29 is 18.0 Å². The minimum Gasteiger partial charge on any atom is -0.319 e. The summed E-state index contributed by atoms with van der Waals surface area (Å²) in [4.78, 5) is 29.0. The Morgan fingerprint density at radius 3 is 2.60 bits per heavy atom. The molecule has 0 bridgehead atoms. The quantitative estimate of drug-likeness (QED) is 0.606. The van der Waals surface area contributed by atoms with Crippen molar-refractivity contribution in [2.75, 3.05) is 11.1 Å². The molecule has 0 saturated heterocycles. The number of pyridine rings is 1. The maximum Gasteiger partial charge on any atom is 0.416 e. The van der Waals surface area contributed by atoms with E-state index in [-0.39, 0.29) is 5.69 Å². The van der Waals surface area contributed by atoms with Gasteiger partial charge in [-0.3, -0.25) is 9.59 Å². The molecule has 10 heteroatoms. The first-order valence-corrected chi connectivity index (χ1v) is 9.86. The highest BCUT2D eigenvalue weighted by molar-refractivity contribution is 7.99. The molecule has 0 unspecified atom stereocenters. The topological polar surface area (TPSA) is 76.9 Å². The summed E-state index contributed by atoms with van der Waals surface area (Å²) in [5.74, 6) is 0.0690. The lowest BCUT2D eigenvalue weighted by molar-refractivity contribution is -0.137. The van der Waals surface area contributed by atoms with Crippen LogP contribution in [0, 0.1) is 6.92 Å². The predicted octanol–water partition coefficient (Wildman–Crippen LogP) is 4.32. The van der Waals surface area contributed by atoms with Gasteiger partial charge in [-0.25, -0.2) is 9.67 Å². The van der Waals surface area contributed by atoms with E-state index in [0.717, 1.165) is 33.7 Å². The number of amides is 1. The summed E-state index contributed by atoms with van der Waals surface area (Å²) >= 11 is 1.54. The van der Waals surface area contributed by atoms with Gasteiger partial charge in [0.25, 0.3) is 5.91 Å². The number of alkyl halides is 3. The van der Waals surface area contributed by atoms with Crippen LogP contribution in [-0.2, 0) is 6.18 Å². The van der Waals surface area contributed by atoms with Gasteiger partial charge in [-0.1, -0.05) is 13.0 Å². The summed E-state index contributed by atoms with van der Waals surface area (Å²) in [6.07, 6.45) is -3.08. The number of carbonyl (C=O) groups is 1. The molecular formula is C20H17F3N4O2S. The smallest absolute Gasteiger partial charge is 0.319 e. The molecule has 0 radical (unpaired) electrons. The minimum atomic E-state index is -4.53. The van der Waals surface area contributed by atoms with Crippen LogP contribution in [-0.4, -0.2) is 26.4 Å².